The molecule has 0 saturated heterocycles. The number of nitrogens with zero attached hydrogens (tertiary/aromatic N) is 1. The standard InChI is InChI=1S/C21H20ClN3O4S/c1-4-29-20-15(22)9-13(10-17(20)28-3)5-8-19(27)25-21-24-16-7-6-14(23-12(2)26)11-18(16)30-21/h5-11H,4H2,1-3H3,(H,23,26)(H,24,25,27)/b8-5+. The highest BCUT2D eigenvalue weighted by atomic mass is 35.5. The molecule has 9 heteroatoms. The molecule has 2 aromatic carbocycles. The average Bonchev–Trinajstić information content (AvgIpc) is 3.09. The molecular weight excluding hydrogens is 426 g/mol. The van der Waals surface area contributed by atoms with Crippen molar-refractivity contribution in [2.24, 2.45) is 0 Å². The number of hydrogen-bond donors (Lipinski definition) is 2. The predicted molar refractivity (Wildman–Crippen MR) is 121 cm³/mol. The van der Waals surface area contributed by atoms with Crippen molar-refractivity contribution in [3.63, 3.8) is 0 Å². The fourth-order valence-electron chi connectivity index (χ4n) is 2.70. The molecule has 1 aromatic heterocycles. The van der Waals surface area contributed by atoms with Gasteiger partial charge in [0, 0.05) is 18.7 Å². The Hall–Kier alpha value is -3.10. The minimum Gasteiger partial charge on any atom is -0.493 e. The van der Waals surface area contributed by atoms with E-state index in [9.17, 15) is 9.59 Å². The normalized spacial score (nSPS) is 10.9. The lowest BCUT2D eigenvalue weighted by Crippen LogP contribution is -2.07. The second-order valence-electron chi connectivity index (χ2n) is 6.17. The van der Waals surface area contributed by atoms with E-state index in [0.717, 1.165) is 10.2 Å². The molecule has 0 saturated carbocycles. The van der Waals surface area contributed by atoms with Crippen molar-refractivity contribution in [1.29, 1.82) is 0 Å². The van der Waals surface area contributed by atoms with Crippen molar-refractivity contribution >= 4 is 61.9 Å². The summed E-state index contributed by atoms with van der Waals surface area (Å²) in [7, 11) is 1.53. The minimum atomic E-state index is -0.333. The summed E-state index contributed by atoms with van der Waals surface area (Å²) in [4.78, 5) is 27.9. The van der Waals surface area contributed by atoms with Gasteiger partial charge < -0.3 is 14.8 Å². The van der Waals surface area contributed by atoms with Crippen molar-refractivity contribution in [3.05, 3.63) is 47.0 Å². The van der Waals surface area contributed by atoms with Crippen molar-refractivity contribution < 1.29 is 19.1 Å². The van der Waals surface area contributed by atoms with Gasteiger partial charge in [-0.2, -0.15) is 0 Å². The Labute approximate surface area is 182 Å². The number of aromatic nitrogens is 1. The van der Waals surface area contributed by atoms with Crippen LogP contribution < -0.4 is 20.1 Å². The second kappa shape index (κ2) is 9.60. The first kappa shape index (κ1) is 21.6. The predicted octanol–water partition coefficient (Wildman–Crippen LogP) is 4.97. The molecule has 0 bridgehead atoms. The number of nitrogens with one attached hydrogen (secondary N) is 2. The molecule has 0 fully saturated rings. The first-order valence-electron chi connectivity index (χ1n) is 9.07. The molecule has 1 heterocycles. The molecule has 30 heavy (non-hydrogen) atoms. The van der Waals surface area contributed by atoms with Gasteiger partial charge in [0.1, 0.15) is 0 Å². The molecule has 7 nitrogen and oxygen atoms in total. The van der Waals surface area contributed by atoms with Crippen LogP contribution in [0.5, 0.6) is 11.5 Å². The number of anilines is 2. The van der Waals surface area contributed by atoms with Crippen LogP contribution in [0.1, 0.15) is 19.4 Å². The number of thiazole rings is 1. The molecule has 156 valence electrons. The van der Waals surface area contributed by atoms with E-state index >= 15 is 0 Å². The molecule has 3 rings (SSSR count). The van der Waals surface area contributed by atoms with Gasteiger partial charge in [-0.05, 0) is 48.9 Å². The number of halogens is 1. The van der Waals surface area contributed by atoms with E-state index in [2.05, 4.69) is 15.6 Å². The minimum absolute atomic E-state index is 0.149. The number of benzene rings is 2. The van der Waals surface area contributed by atoms with E-state index in [1.807, 2.05) is 13.0 Å². The molecule has 0 atom stereocenters. The Morgan fingerprint density at radius 2 is 2.03 bits per heavy atom. The maximum absolute atomic E-state index is 12.3. The van der Waals surface area contributed by atoms with Gasteiger partial charge in [0.15, 0.2) is 16.6 Å². The van der Waals surface area contributed by atoms with E-state index in [1.165, 1.54) is 31.4 Å². The number of amides is 2. The summed E-state index contributed by atoms with van der Waals surface area (Å²) < 4.78 is 11.6. The first-order chi connectivity index (χ1) is 14.4. The molecule has 0 aliphatic carbocycles. The Morgan fingerprint density at radius 3 is 2.73 bits per heavy atom. The van der Waals surface area contributed by atoms with Gasteiger partial charge in [-0.1, -0.05) is 22.9 Å². The van der Waals surface area contributed by atoms with Gasteiger partial charge in [0.05, 0.1) is 29.0 Å². The maximum Gasteiger partial charge on any atom is 0.250 e. The lowest BCUT2D eigenvalue weighted by atomic mass is 10.2. The third kappa shape index (κ3) is 5.28. The quantitative estimate of drug-likeness (QED) is 0.501. The van der Waals surface area contributed by atoms with Gasteiger partial charge >= 0.3 is 0 Å². The third-order valence-corrected chi connectivity index (χ3v) is 5.12. The zero-order valence-corrected chi connectivity index (χ0v) is 18.2. The largest absolute Gasteiger partial charge is 0.493 e. The molecule has 0 unspecified atom stereocenters. The van der Waals surface area contributed by atoms with E-state index in [0.29, 0.717) is 39.5 Å². The molecule has 0 spiro atoms. The van der Waals surface area contributed by atoms with Crippen molar-refractivity contribution in [2.75, 3.05) is 24.4 Å². The summed E-state index contributed by atoms with van der Waals surface area (Å²) in [6, 6.07) is 8.80. The van der Waals surface area contributed by atoms with Crippen LogP contribution in [0.4, 0.5) is 10.8 Å². The van der Waals surface area contributed by atoms with E-state index in [-0.39, 0.29) is 11.8 Å². The second-order valence-corrected chi connectivity index (χ2v) is 7.61. The Kier molecular flexibility index (Phi) is 6.91. The van der Waals surface area contributed by atoms with E-state index in [1.54, 1.807) is 30.3 Å². The fraction of sp³-hybridized carbons (Fsp3) is 0.190. The number of methoxy groups -OCH3 is 1. The van der Waals surface area contributed by atoms with E-state index < -0.39 is 0 Å². The highest BCUT2D eigenvalue weighted by Gasteiger charge is 2.11. The van der Waals surface area contributed by atoms with Crippen molar-refractivity contribution in [2.45, 2.75) is 13.8 Å². The lowest BCUT2D eigenvalue weighted by molar-refractivity contribution is -0.114. The summed E-state index contributed by atoms with van der Waals surface area (Å²) in [5.41, 5.74) is 2.11. The molecule has 3 aromatic rings. The van der Waals surface area contributed by atoms with Gasteiger partial charge in [0.2, 0.25) is 11.8 Å². The molecule has 0 aliphatic heterocycles. The molecule has 2 amide bonds. The van der Waals surface area contributed by atoms with Crippen molar-refractivity contribution in [3.8, 4) is 11.5 Å². The van der Waals surface area contributed by atoms with Gasteiger partial charge in [-0.25, -0.2) is 4.98 Å². The van der Waals surface area contributed by atoms with Crippen LogP contribution in [0.15, 0.2) is 36.4 Å². The van der Waals surface area contributed by atoms with Crippen LogP contribution in [-0.2, 0) is 9.59 Å². The molecule has 2 N–H and O–H groups in total. The van der Waals surface area contributed by atoms with Gasteiger partial charge in [0.25, 0.3) is 0 Å². The number of fused-ring (bicyclic) bond motifs is 1. The number of carbonyl (C=O) groups excluding carboxylic acids is 2. The Bertz CT molecular complexity index is 1130. The topological polar surface area (TPSA) is 89.5 Å². The molecular formula is C21H20ClN3O4S. The number of ether oxygens (including phenoxy) is 2. The summed E-state index contributed by atoms with van der Waals surface area (Å²) in [6.07, 6.45) is 3.02. The Balaban J connectivity index is 1.73. The van der Waals surface area contributed by atoms with Gasteiger partial charge in [-0.3, -0.25) is 14.9 Å². The first-order valence-corrected chi connectivity index (χ1v) is 10.3. The summed E-state index contributed by atoms with van der Waals surface area (Å²) in [5.74, 6) is 0.477. The zero-order chi connectivity index (χ0) is 21.7. The molecule has 0 aliphatic rings. The smallest absolute Gasteiger partial charge is 0.250 e. The SMILES string of the molecule is CCOc1c(Cl)cc(/C=C/C(=O)Nc2nc3ccc(NC(C)=O)cc3s2)cc1OC. The maximum atomic E-state index is 12.3. The van der Waals surface area contributed by atoms with Crippen LogP contribution in [0.3, 0.4) is 0 Å². The third-order valence-electron chi connectivity index (χ3n) is 3.91. The van der Waals surface area contributed by atoms with Crippen LogP contribution >= 0.6 is 22.9 Å². The average molecular weight is 446 g/mol. The van der Waals surface area contributed by atoms with Crippen LogP contribution in [0.25, 0.3) is 16.3 Å². The van der Waals surface area contributed by atoms with E-state index in [4.69, 9.17) is 21.1 Å². The monoisotopic (exact) mass is 445 g/mol. The number of rotatable bonds is 7. The fourth-order valence-corrected chi connectivity index (χ4v) is 3.88. The summed E-state index contributed by atoms with van der Waals surface area (Å²) >= 11 is 7.57. The zero-order valence-electron chi connectivity index (χ0n) is 16.6. The summed E-state index contributed by atoms with van der Waals surface area (Å²) in [5, 5.41) is 6.33. The number of carbonyl (C=O) groups is 2. The van der Waals surface area contributed by atoms with Crippen LogP contribution in [0.2, 0.25) is 5.02 Å². The van der Waals surface area contributed by atoms with Crippen LogP contribution in [0, 0.1) is 0 Å². The summed E-state index contributed by atoms with van der Waals surface area (Å²) in [6.45, 7) is 3.76. The van der Waals surface area contributed by atoms with Gasteiger partial charge in [-0.15, -0.1) is 0 Å². The highest BCUT2D eigenvalue weighted by Crippen LogP contribution is 2.36. The Morgan fingerprint density at radius 1 is 1.23 bits per heavy atom. The lowest BCUT2D eigenvalue weighted by Gasteiger charge is -2.11. The van der Waals surface area contributed by atoms with Crippen LogP contribution in [-0.4, -0.2) is 30.5 Å². The van der Waals surface area contributed by atoms with Crippen molar-refractivity contribution in [1.82, 2.24) is 4.98 Å². The molecule has 0 radical (unpaired) electrons. The number of hydrogen-bond acceptors (Lipinski definition) is 6. The highest BCUT2D eigenvalue weighted by molar-refractivity contribution is 7.22.